The van der Waals surface area contributed by atoms with Crippen LogP contribution >= 0.6 is 0 Å². The van der Waals surface area contributed by atoms with Crippen LogP contribution in [0.3, 0.4) is 0 Å². The molecule has 2 N–H and O–H groups in total. The molecule has 0 aromatic carbocycles. The van der Waals surface area contributed by atoms with Crippen molar-refractivity contribution in [2.75, 3.05) is 19.8 Å². The maximum absolute atomic E-state index is 5.73. The third-order valence-electron chi connectivity index (χ3n) is 2.70. The molecule has 3 heteroatoms. The minimum atomic E-state index is 0.551. The number of furan rings is 1. The summed E-state index contributed by atoms with van der Waals surface area (Å²) in [5, 5.41) is 0. The second-order valence-corrected chi connectivity index (χ2v) is 3.73. The largest absolute Gasteiger partial charge is 0.466 e. The van der Waals surface area contributed by atoms with Crippen molar-refractivity contribution >= 4 is 0 Å². The van der Waals surface area contributed by atoms with Crippen LogP contribution in [0.5, 0.6) is 0 Å². The Labute approximate surface area is 84.2 Å². The minimum absolute atomic E-state index is 0.551. The van der Waals surface area contributed by atoms with Gasteiger partial charge in [-0.15, -0.1) is 0 Å². The molecule has 1 saturated heterocycles. The predicted octanol–water partition coefficient (Wildman–Crippen LogP) is 1.67. The molecular formula is C11H17NO2. The summed E-state index contributed by atoms with van der Waals surface area (Å²) < 4.78 is 11.0. The number of rotatable bonds is 3. The van der Waals surface area contributed by atoms with Crippen molar-refractivity contribution in [1.29, 1.82) is 0 Å². The first-order chi connectivity index (χ1) is 6.90. The smallest absolute Gasteiger partial charge is 0.107 e. The van der Waals surface area contributed by atoms with Crippen molar-refractivity contribution in [2.24, 2.45) is 5.73 Å². The summed E-state index contributed by atoms with van der Waals surface area (Å²) in [5.74, 6) is 2.67. The van der Waals surface area contributed by atoms with Gasteiger partial charge in [0.2, 0.25) is 0 Å². The maximum Gasteiger partial charge on any atom is 0.107 e. The summed E-state index contributed by atoms with van der Waals surface area (Å²) in [7, 11) is 0. The van der Waals surface area contributed by atoms with Crippen LogP contribution in [0.15, 0.2) is 16.5 Å². The Bertz CT molecular complexity index is 277. The molecule has 2 heterocycles. The van der Waals surface area contributed by atoms with E-state index in [1.165, 1.54) is 0 Å². The Morgan fingerprint density at radius 1 is 1.29 bits per heavy atom. The van der Waals surface area contributed by atoms with Crippen LogP contribution in [-0.4, -0.2) is 19.8 Å². The van der Waals surface area contributed by atoms with Gasteiger partial charge in [0, 0.05) is 25.6 Å². The summed E-state index contributed by atoms with van der Waals surface area (Å²) >= 11 is 0. The SMILES string of the molecule is NCCc1ccc(C2CCOCC2)o1. The fraction of sp³-hybridized carbons (Fsp3) is 0.636. The molecule has 2 rings (SSSR count). The quantitative estimate of drug-likeness (QED) is 0.798. The molecule has 1 fully saturated rings. The average Bonchev–Trinajstić information content (AvgIpc) is 2.68. The van der Waals surface area contributed by atoms with Gasteiger partial charge in [0.1, 0.15) is 11.5 Å². The van der Waals surface area contributed by atoms with Crippen LogP contribution in [0.1, 0.15) is 30.3 Å². The molecule has 1 aliphatic heterocycles. The molecule has 0 aliphatic carbocycles. The number of hydrogen-bond donors (Lipinski definition) is 1. The average molecular weight is 195 g/mol. The molecule has 3 nitrogen and oxygen atoms in total. The van der Waals surface area contributed by atoms with Gasteiger partial charge in [-0.2, -0.15) is 0 Å². The van der Waals surface area contributed by atoms with Crippen molar-refractivity contribution < 1.29 is 9.15 Å². The van der Waals surface area contributed by atoms with Crippen LogP contribution in [0, 0.1) is 0 Å². The third-order valence-corrected chi connectivity index (χ3v) is 2.70. The third kappa shape index (κ3) is 2.16. The topological polar surface area (TPSA) is 48.4 Å². The molecule has 0 radical (unpaired) electrons. The molecule has 0 bridgehead atoms. The number of nitrogens with two attached hydrogens (primary N) is 1. The Balaban J connectivity index is 2.00. The van der Waals surface area contributed by atoms with E-state index >= 15 is 0 Å². The summed E-state index contributed by atoms with van der Waals surface area (Å²) in [5.41, 5.74) is 5.47. The van der Waals surface area contributed by atoms with Gasteiger partial charge in [0.05, 0.1) is 0 Å². The Kier molecular flexibility index (Phi) is 3.22. The van der Waals surface area contributed by atoms with Crippen molar-refractivity contribution in [3.8, 4) is 0 Å². The lowest BCUT2D eigenvalue weighted by Gasteiger charge is -2.19. The monoisotopic (exact) mass is 195 g/mol. The van der Waals surface area contributed by atoms with E-state index in [0.29, 0.717) is 12.5 Å². The van der Waals surface area contributed by atoms with E-state index in [-0.39, 0.29) is 0 Å². The first-order valence-electron chi connectivity index (χ1n) is 5.26. The van der Waals surface area contributed by atoms with Gasteiger partial charge in [0.25, 0.3) is 0 Å². The molecule has 0 amide bonds. The molecule has 14 heavy (non-hydrogen) atoms. The molecule has 78 valence electrons. The maximum atomic E-state index is 5.73. The van der Waals surface area contributed by atoms with E-state index in [4.69, 9.17) is 14.9 Å². The van der Waals surface area contributed by atoms with E-state index in [1.807, 2.05) is 6.07 Å². The highest BCUT2D eigenvalue weighted by Gasteiger charge is 2.18. The number of hydrogen-bond acceptors (Lipinski definition) is 3. The molecule has 0 unspecified atom stereocenters. The molecule has 1 aromatic heterocycles. The molecule has 0 atom stereocenters. The zero-order valence-electron chi connectivity index (χ0n) is 8.37. The summed E-state index contributed by atoms with van der Waals surface area (Å²) in [6, 6.07) is 4.12. The fourth-order valence-electron chi connectivity index (χ4n) is 1.87. The second kappa shape index (κ2) is 4.62. The van der Waals surface area contributed by atoms with Gasteiger partial charge in [0.15, 0.2) is 0 Å². The van der Waals surface area contributed by atoms with E-state index in [1.54, 1.807) is 0 Å². The zero-order chi connectivity index (χ0) is 9.80. The van der Waals surface area contributed by atoms with Gasteiger partial charge < -0.3 is 14.9 Å². The molecule has 1 aromatic rings. The van der Waals surface area contributed by atoms with Crippen molar-refractivity contribution in [3.05, 3.63) is 23.7 Å². The van der Waals surface area contributed by atoms with Gasteiger partial charge in [-0.05, 0) is 31.5 Å². The Morgan fingerprint density at radius 3 is 2.79 bits per heavy atom. The highest BCUT2D eigenvalue weighted by molar-refractivity contribution is 5.12. The van der Waals surface area contributed by atoms with E-state index in [9.17, 15) is 0 Å². The second-order valence-electron chi connectivity index (χ2n) is 3.73. The first-order valence-corrected chi connectivity index (χ1v) is 5.26. The molecule has 0 saturated carbocycles. The van der Waals surface area contributed by atoms with E-state index in [2.05, 4.69) is 6.07 Å². The van der Waals surface area contributed by atoms with Crippen LogP contribution in [-0.2, 0) is 11.2 Å². The summed E-state index contributed by atoms with van der Waals surface area (Å²) in [4.78, 5) is 0. The van der Waals surface area contributed by atoms with Gasteiger partial charge in [-0.25, -0.2) is 0 Å². The van der Waals surface area contributed by atoms with Crippen LogP contribution in [0.4, 0.5) is 0 Å². The van der Waals surface area contributed by atoms with Gasteiger partial charge >= 0.3 is 0 Å². The van der Waals surface area contributed by atoms with Crippen LogP contribution in [0.25, 0.3) is 0 Å². The standard InChI is InChI=1S/C11H17NO2/c12-6-3-10-1-2-11(14-10)9-4-7-13-8-5-9/h1-2,9H,3-8,12H2. The highest BCUT2D eigenvalue weighted by atomic mass is 16.5. The molecular weight excluding hydrogens is 178 g/mol. The summed E-state index contributed by atoms with van der Waals surface area (Å²) in [6.07, 6.45) is 2.99. The Morgan fingerprint density at radius 2 is 2.07 bits per heavy atom. The molecule has 1 aliphatic rings. The predicted molar refractivity (Wildman–Crippen MR) is 54.3 cm³/mol. The lowest BCUT2D eigenvalue weighted by atomic mass is 9.98. The lowest BCUT2D eigenvalue weighted by molar-refractivity contribution is 0.0804. The van der Waals surface area contributed by atoms with Crippen molar-refractivity contribution in [2.45, 2.75) is 25.2 Å². The van der Waals surface area contributed by atoms with Crippen LogP contribution < -0.4 is 5.73 Å². The Hall–Kier alpha value is -0.800. The highest BCUT2D eigenvalue weighted by Crippen LogP contribution is 2.28. The normalized spacial score (nSPS) is 18.6. The number of ether oxygens (including phenoxy) is 1. The first kappa shape index (κ1) is 9.74. The van der Waals surface area contributed by atoms with E-state index in [0.717, 1.165) is 44.0 Å². The van der Waals surface area contributed by atoms with Crippen molar-refractivity contribution in [1.82, 2.24) is 0 Å². The molecule has 0 spiro atoms. The van der Waals surface area contributed by atoms with Crippen molar-refractivity contribution in [3.63, 3.8) is 0 Å². The zero-order valence-corrected chi connectivity index (χ0v) is 8.37. The summed E-state index contributed by atoms with van der Waals surface area (Å²) in [6.45, 7) is 2.37. The van der Waals surface area contributed by atoms with Gasteiger partial charge in [-0.1, -0.05) is 0 Å². The van der Waals surface area contributed by atoms with Gasteiger partial charge in [-0.3, -0.25) is 0 Å². The van der Waals surface area contributed by atoms with E-state index < -0.39 is 0 Å². The lowest BCUT2D eigenvalue weighted by Crippen LogP contribution is -2.13. The fourth-order valence-corrected chi connectivity index (χ4v) is 1.87. The van der Waals surface area contributed by atoms with Crippen LogP contribution in [0.2, 0.25) is 0 Å². The minimum Gasteiger partial charge on any atom is -0.466 e.